The number of nitrogens with one attached hydrogen (secondary N) is 1. The van der Waals surface area contributed by atoms with Gasteiger partial charge in [-0.2, -0.15) is 8.78 Å². The molecule has 1 aliphatic heterocycles. The summed E-state index contributed by atoms with van der Waals surface area (Å²) in [5, 5.41) is 3.15. The van der Waals surface area contributed by atoms with E-state index >= 15 is 0 Å². The molecule has 0 spiro atoms. The first-order chi connectivity index (χ1) is 5.29. The summed E-state index contributed by atoms with van der Waals surface area (Å²) in [5.74, 6) is 4.67. The van der Waals surface area contributed by atoms with E-state index in [0.29, 0.717) is 0 Å². The molecule has 0 aliphatic carbocycles. The van der Waals surface area contributed by atoms with E-state index in [2.05, 4.69) is 11.2 Å². The second-order valence-electron chi connectivity index (χ2n) is 2.61. The van der Waals surface area contributed by atoms with Gasteiger partial charge in [-0.3, -0.25) is 0 Å². The SMILES string of the molecule is FC(F)C#CC1CCNCC1. The van der Waals surface area contributed by atoms with Crippen molar-refractivity contribution in [3.8, 4) is 11.8 Å². The van der Waals surface area contributed by atoms with E-state index in [4.69, 9.17) is 0 Å². The molecule has 0 bridgehead atoms. The Bertz CT molecular complexity index is 163. The molecule has 0 atom stereocenters. The molecule has 1 rings (SSSR count). The fourth-order valence-electron chi connectivity index (χ4n) is 1.15. The van der Waals surface area contributed by atoms with Crippen LogP contribution in [-0.2, 0) is 0 Å². The Morgan fingerprint density at radius 1 is 1.27 bits per heavy atom. The molecule has 3 heteroatoms. The van der Waals surface area contributed by atoms with Gasteiger partial charge in [-0.05, 0) is 31.9 Å². The summed E-state index contributed by atoms with van der Waals surface area (Å²) in [4.78, 5) is 0. The quantitative estimate of drug-likeness (QED) is 0.524. The molecular weight excluding hydrogens is 148 g/mol. The molecule has 0 unspecified atom stereocenters. The van der Waals surface area contributed by atoms with Crippen LogP contribution in [0.4, 0.5) is 8.78 Å². The molecular formula is C8H11F2N. The van der Waals surface area contributed by atoms with Gasteiger partial charge in [-0.25, -0.2) is 0 Å². The van der Waals surface area contributed by atoms with Gasteiger partial charge in [-0.15, -0.1) is 0 Å². The van der Waals surface area contributed by atoms with Crippen molar-refractivity contribution in [2.24, 2.45) is 5.92 Å². The monoisotopic (exact) mass is 159 g/mol. The second kappa shape index (κ2) is 4.30. The van der Waals surface area contributed by atoms with Crippen LogP contribution in [0.25, 0.3) is 0 Å². The molecule has 1 heterocycles. The molecule has 0 amide bonds. The first-order valence-electron chi connectivity index (χ1n) is 3.79. The summed E-state index contributed by atoms with van der Waals surface area (Å²) in [6.07, 6.45) is -0.663. The Morgan fingerprint density at radius 3 is 2.45 bits per heavy atom. The molecule has 1 fully saturated rings. The number of rotatable bonds is 0. The summed E-state index contributed by atoms with van der Waals surface area (Å²) >= 11 is 0. The van der Waals surface area contributed by atoms with Gasteiger partial charge in [0, 0.05) is 5.92 Å². The van der Waals surface area contributed by atoms with Crippen molar-refractivity contribution in [2.45, 2.75) is 19.3 Å². The minimum Gasteiger partial charge on any atom is -0.317 e. The topological polar surface area (TPSA) is 12.0 Å². The fraction of sp³-hybridized carbons (Fsp3) is 0.750. The van der Waals surface area contributed by atoms with Crippen LogP contribution in [0.15, 0.2) is 0 Å². The number of halogens is 2. The van der Waals surface area contributed by atoms with E-state index in [9.17, 15) is 8.78 Å². The number of piperidine rings is 1. The Balaban J connectivity index is 2.31. The third-order valence-electron chi connectivity index (χ3n) is 1.74. The van der Waals surface area contributed by atoms with Crippen molar-refractivity contribution >= 4 is 0 Å². The third-order valence-corrected chi connectivity index (χ3v) is 1.74. The molecule has 0 radical (unpaired) electrons. The highest BCUT2D eigenvalue weighted by molar-refractivity contribution is 5.06. The van der Waals surface area contributed by atoms with E-state index < -0.39 is 6.43 Å². The van der Waals surface area contributed by atoms with Crippen molar-refractivity contribution in [1.82, 2.24) is 5.32 Å². The molecule has 0 aromatic carbocycles. The molecule has 0 saturated carbocycles. The molecule has 1 aliphatic rings. The van der Waals surface area contributed by atoms with E-state index in [1.807, 2.05) is 5.92 Å². The van der Waals surface area contributed by atoms with E-state index in [-0.39, 0.29) is 5.92 Å². The molecule has 0 aromatic rings. The van der Waals surface area contributed by atoms with Crippen LogP contribution < -0.4 is 5.32 Å². The minimum absolute atomic E-state index is 0.185. The Hall–Kier alpha value is -0.620. The largest absolute Gasteiger partial charge is 0.317 e. The summed E-state index contributed by atoms with van der Waals surface area (Å²) < 4.78 is 23.2. The highest BCUT2D eigenvalue weighted by Crippen LogP contribution is 2.09. The van der Waals surface area contributed by atoms with Crippen LogP contribution in [0, 0.1) is 17.8 Å². The first-order valence-corrected chi connectivity index (χ1v) is 3.79. The number of alkyl halides is 2. The smallest absolute Gasteiger partial charge is 0.298 e. The van der Waals surface area contributed by atoms with Gasteiger partial charge in [0.15, 0.2) is 0 Å². The van der Waals surface area contributed by atoms with Gasteiger partial charge in [0.05, 0.1) is 0 Å². The lowest BCUT2D eigenvalue weighted by molar-refractivity contribution is 0.214. The predicted molar refractivity (Wildman–Crippen MR) is 39.4 cm³/mol. The van der Waals surface area contributed by atoms with Gasteiger partial charge in [0.25, 0.3) is 6.43 Å². The van der Waals surface area contributed by atoms with E-state index in [1.54, 1.807) is 0 Å². The summed E-state index contributed by atoms with van der Waals surface area (Å²) in [5.41, 5.74) is 0. The molecule has 1 N–H and O–H groups in total. The van der Waals surface area contributed by atoms with Crippen LogP contribution in [0.2, 0.25) is 0 Å². The molecule has 62 valence electrons. The lowest BCUT2D eigenvalue weighted by Gasteiger charge is -2.17. The first kappa shape index (κ1) is 8.48. The average Bonchev–Trinajstić information content (AvgIpc) is 2.03. The number of hydrogen-bond acceptors (Lipinski definition) is 1. The van der Waals surface area contributed by atoms with Crippen LogP contribution in [-0.4, -0.2) is 19.5 Å². The van der Waals surface area contributed by atoms with Crippen LogP contribution in [0.1, 0.15) is 12.8 Å². The van der Waals surface area contributed by atoms with Crippen molar-refractivity contribution < 1.29 is 8.78 Å². The summed E-state index contributed by atoms with van der Waals surface area (Å²) in [6.45, 7) is 1.81. The van der Waals surface area contributed by atoms with Gasteiger partial charge in [0.1, 0.15) is 0 Å². The van der Waals surface area contributed by atoms with Crippen molar-refractivity contribution in [3.63, 3.8) is 0 Å². The average molecular weight is 159 g/mol. The number of hydrogen-bond donors (Lipinski definition) is 1. The normalized spacial score (nSPS) is 19.5. The molecule has 1 nitrogen and oxygen atoms in total. The highest BCUT2D eigenvalue weighted by Gasteiger charge is 2.09. The maximum Gasteiger partial charge on any atom is 0.298 e. The predicted octanol–water partition coefficient (Wildman–Crippen LogP) is 1.25. The van der Waals surface area contributed by atoms with Gasteiger partial charge in [0.2, 0.25) is 0 Å². The standard InChI is InChI=1S/C8H11F2N/c9-8(10)2-1-7-3-5-11-6-4-7/h7-8,11H,3-6H2. The zero-order valence-corrected chi connectivity index (χ0v) is 6.24. The maximum atomic E-state index is 11.6. The maximum absolute atomic E-state index is 11.6. The van der Waals surface area contributed by atoms with Crippen molar-refractivity contribution in [2.75, 3.05) is 13.1 Å². The molecule has 0 aromatic heterocycles. The zero-order chi connectivity index (χ0) is 8.10. The molecule has 1 saturated heterocycles. The third kappa shape index (κ3) is 3.33. The minimum atomic E-state index is -2.47. The van der Waals surface area contributed by atoms with Crippen LogP contribution >= 0.6 is 0 Å². The van der Waals surface area contributed by atoms with Crippen molar-refractivity contribution in [3.05, 3.63) is 0 Å². The Morgan fingerprint density at radius 2 is 1.91 bits per heavy atom. The van der Waals surface area contributed by atoms with Gasteiger partial charge < -0.3 is 5.32 Å². The lowest BCUT2D eigenvalue weighted by atomic mass is 9.99. The van der Waals surface area contributed by atoms with Crippen LogP contribution in [0.5, 0.6) is 0 Å². The molecule has 11 heavy (non-hydrogen) atoms. The van der Waals surface area contributed by atoms with Crippen LogP contribution in [0.3, 0.4) is 0 Å². The van der Waals surface area contributed by atoms with Crippen molar-refractivity contribution in [1.29, 1.82) is 0 Å². The summed E-state index contributed by atoms with van der Waals surface area (Å²) in [6, 6.07) is 0. The Kier molecular flexibility index (Phi) is 3.31. The zero-order valence-electron chi connectivity index (χ0n) is 6.24. The van der Waals surface area contributed by atoms with Gasteiger partial charge >= 0.3 is 0 Å². The highest BCUT2D eigenvalue weighted by atomic mass is 19.3. The fourth-order valence-corrected chi connectivity index (χ4v) is 1.15. The Labute approximate surface area is 65.2 Å². The summed E-state index contributed by atoms with van der Waals surface area (Å²) in [7, 11) is 0. The van der Waals surface area contributed by atoms with E-state index in [1.165, 1.54) is 0 Å². The van der Waals surface area contributed by atoms with E-state index in [0.717, 1.165) is 25.9 Å². The second-order valence-corrected chi connectivity index (χ2v) is 2.61. The van der Waals surface area contributed by atoms with Gasteiger partial charge in [-0.1, -0.05) is 5.92 Å². The lowest BCUT2D eigenvalue weighted by Crippen LogP contribution is -2.27.